The summed E-state index contributed by atoms with van der Waals surface area (Å²) in [5.41, 5.74) is 0.885. The molecule has 1 N–H and O–H groups in total. The Morgan fingerprint density at radius 3 is 2.63 bits per heavy atom. The topological polar surface area (TPSA) is 71.1 Å². The lowest BCUT2D eigenvalue weighted by atomic mass is 9.98. The van der Waals surface area contributed by atoms with Crippen molar-refractivity contribution in [1.29, 1.82) is 0 Å². The van der Waals surface area contributed by atoms with E-state index >= 15 is 0 Å². The van der Waals surface area contributed by atoms with E-state index in [9.17, 15) is 9.59 Å². The molecule has 1 aromatic rings. The minimum atomic E-state index is -0.676. The van der Waals surface area contributed by atoms with E-state index in [1.54, 1.807) is 0 Å². The van der Waals surface area contributed by atoms with E-state index in [1.807, 2.05) is 35.2 Å². The number of ether oxygens (including phenoxy) is 2. The van der Waals surface area contributed by atoms with Crippen LogP contribution in [0.2, 0.25) is 0 Å². The summed E-state index contributed by atoms with van der Waals surface area (Å²) in [4.78, 5) is 29.0. The molecule has 2 amide bonds. The highest BCUT2D eigenvalue weighted by molar-refractivity contribution is 5.86. The highest BCUT2D eigenvalue weighted by Crippen LogP contribution is 2.24. The van der Waals surface area contributed by atoms with Gasteiger partial charge in [-0.3, -0.25) is 14.5 Å². The number of benzene rings is 1. The van der Waals surface area contributed by atoms with Gasteiger partial charge in [-0.1, -0.05) is 37.3 Å². The molecule has 0 unspecified atom stereocenters. The number of hydrogen-bond acceptors (Lipinski definition) is 5. The minimum Gasteiger partial charge on any atom is -0.380 e. The third kappa shape index (κ3) is 5.28. The smallest absolute Gasteiger partial charge is 0.254 e. The lowest BCUT2D eigenvalue weighted by Gasteiger charge is -2.39. The van der Waals surface area contributed by atoms with Crippen molar-refractivity contribution in [2.24, 2.45) is 0 Å². The minimum absolute atomic E-state index is 0.0502. The molecule has 7 heteroatoms. The zero-order chi connectivity index (χ0) is 19.1. The molecule has 0 radical (unpaired) electrons. The average molecular weight is 375 g/mol. The molecule has 27 heavy (non-hydrogen) atoms. The summed E-state index contributed by atoms with van der Waals surface area (Å²) in [6.07, 6.45) is 0.354. The number of carbonyl (C=O) groups excluding carboxylic acids is 2. The van der Waals surface area contributed by atoms with Gasteiger partial charge in [0.15, 0.2) is 6.10 Å². The van der Waals surface area contributed by atoms with Crippen molar-refractivity contribution < 1.29 is 19.1 Å². The summed E-state index contributed by atoms with van der Waals surface area (Å²) in [6.45, 7) is 7.44. The van der Waals surface area contributed by atoms with Gasteiger partial charge >= 0.3 is 0 Å². The van der Waals surface area contributed by atoms with E-state index in [0.29, 0.717) is 13.1 Å². The summed E-state index contributed by atoms with van der Waals surface area (Å²) < 4.78 is 11.2. The van der Waals surface area contributed by atoms with E-state index in [2.05, 4.69) is 17.1 Å². The second-order valence-corrected chi connectivity index (χ2v) is 6.97. The van der Waals surface area contributed by atoms with E-state index in [0.717, 1.165) is 44.8 Å². The molecule has 2 aliphatic rings. The van der Waals surface area contributed by atoms with Crippen LogP contribution in [0.5, 0.6) is 0 Å². The molecular formula is C20H29N3O4. The molecular weight excluding hydrogens is 346 g/mol. The lowest BCUT2D eigenvalue weighted by Crippen LogP contribution is -2.57. The van der Waals surface area contributed by atoms with Gasteiger partial charge in [-0.05, 0) is 12.0 Å². The van der Waals surface area contributed by atoms with Crippen LogP contribution in [-0.4, -0.2) is 80.3 Å². The van der Waals surface area contributed by atoms with Gasteiger partial charge in [-0.2, -0.15) is 0 Å². The van der Waals surface area contributed by atoms with Crippen LogP contribution < -0.4 is 5.32 Å². The Kier molecular flexibility index (Phi) is 7.20. The van der Waals surface area contributed by atoms with Crippen LogP contribution in [0, 0.1) is 0 Å². The molecule has 2 fully saturated rings. The van der Waals surface area contributed by atoms with Gasteiger partial charge in [0.1, 0.15) is 6.61 Å². The summed E-state index contributed by atoms with van der Waals surface area (Å²) >= 11 is 0. The maximum Gasteiger partial charge on any atom is 0.254 e. The first kappa shape index (κ1) is 19.8. The Bertz CT molecular complexity index is 617. The monoisotopic (exact) mass is 375 g/mol. The summed E-state index contributed by atoms with van der Waals surface area (Å²) in [7, 11) is 0. The molecule has 2 heterocycles. The summed E-state index contributed by atoms with van der Waals surface area (Å²) in [5, 5.41) is 2.91. The van der Waals surface area contributed by atoms with Gasteiger partial charge < -0.3 is 19.7 Å². The van der Waals surface area contributed by atoms with Crippen LogP contribution in [0.3, 0.4) is 0 Å². The number of nitrogens with zero attached hydrogens (tertiary/aromatic N) is 2. The number of nitrogens with one attached hydrogen (secondary N) is 1. The maximum absolute atomic E-state index is 13.1. The van der Waals surface area contributed by atoms with Gasteiger partial charge in [-0.15, -0.1) is 0 Å². The van der Waals surface area contributed by atoms with Crippen LogP contribution in [-0.2, 0) is 19.1 Å². The zero-order valence-electron chi connectivity index (χ0n) is 15.9. The zero-order valence-corrected chi connectivity index (χ0v) is 15.9. The second-order valence-electron chi connectivity index (χ2n) is 6.97. The van der Waals surface area contributed by atoms with Crippen LogP contribution in [0.4, 0.5) is 0 Å². The molecule has 1 aromatic carbocycles. The third-order valence-corrected chi connectivity index (χ3v) is 5.00. The largest absolute Gasteiger partial charge is 0.380 e. The van der Waals surface area contributed by atoms with Gasteiger partial charge in [0.25, 0.3) is 5.91 Å². The Hall–Kier alpha value is -1.96. The molecule has 0 saturated carbocycles. The number of amides is 2. The highest BCUT2D eigenvalue weighted by atomic mass is 16.5. The van der Waals surface area contributed by atoms with E-state index < -0.39 is 12.1 Å². The first-order valence-corrected chi connectivity index (χ1v) is 9.74. The molecule has 0 spiro atoms. The first-order chi connectivity index (χ1) is 13.2. The normalized spacial score (nSPS) is 23.9. The molecule has 0 bridgehead atoms. The quantitative estimate of drug-likeness (QED) is 0.715. The Labute approximate surface area is 160 Å². The Morgan fingerprint density at radius 1 is 1.19 bits per heavy atom. The standard InChI is InChI=1S/C20H29N3O4/c1-2-13-26-14-12-22-8-10-23(11-9-22)20(25)19-18(21-17(24)15-27-19)16-6-4-3-5-7-16/h3-7,18-19H,2,8-15H2,1H3,(H,21,24)/t18-,19+/m1/s1. The van der Waals surface area contributed by atoms with Gasteiger partial charge in [0.05, 0.1) is 12.6 Å². The average Bonchev–Trinajstić information content (AvgIpc) is 2.72. The molecule has 0 aliphatic carbocycles. The molecule has 3 rings (SSSR count). The van der Waals surface area contributed by atoms with Gasteiger partial charge in [0, 0.05) is 39.3 Å². The van der Waals surface area contributed by atoms with Crippen molar-refractivity contribution in [3.05, 3.63) is 35.9 Å². The SMILES string of the molecule is CCCOCCN1CCN(C(=O)[C@H]2OCC(=O)N[C@@H]2c2ccccc2)CC1. The van der Waals surface area contributed by atoms with Crippen molar-refractivity contribution in [1.82, 2.24) is 15.1 Å². The lowest BCUT2D eigenvalue weighted by molar-refractivity contribution is -0.156. The fourth-order valence-corrected chi connectivity index (χ4v) is 3.50. The number of rotatable bonds is 7. The van der Waals surface area contributed by atoms with Crippen molar-refractivity contribution in [2.75, 3.05) is 52.5 Å². The summed E-state index contributed by atoms with van der Waals surface area (Å²) in [5.74, 6) is -0.240. The Balaban J connectivity index is 1.56. The van der Waals surface area contributed by atoms with Crippen LogP contribution in [0.25, 0.3) is 0 Å². The predicted octanol–water partition coefficient (Wildman–Crippen LogP) is 0.814. The van der Waals surface area contributed by atoms with Crippen molar-refractivity contribution in [3.63, 3.8) is 0 Å². The summed E-state index contributed by atoms with van der Waals surface area (Å²) in [6, 6.07) is 9.09. The number of hydrogen-bond donors (Lipinski definition) is 1. The molecule has 7 nitrogen and oxygen atoms in total. The highest BCUT2D eigenvalue weighted by Gasteiger charge is 2.38. The molecule has 148 valence electrons. The van der Waals surface area contributed by atoms with Crippen molar-refractivity contribution in [2.45, 2.75) is 25.5 Å². The van der Waals surface area contributed by atoms with Crippen LogP contribution in [0.1, 0.15) is 24.9 Å². The Morgan fingerprint density at radius 2 is 1.93 bits per heavy atom. The first-order valence-electron chi connectivity index (χ1n) is 9.74. The number of piperazine rings is 1. The second kappa shape index (κ2) is 9.82. The fraction of sp³-hybridized carbons (Fsp3) is 0.600. The predicted molar refractivity (Wildman–Crippen MR) is 101 cm³/mol. The third-order valence-electron chi connectivity index (χ3n) is 5.00. The fourth-order valence-electron chi connectivity index (χ4n) is 3.50. The van der Waals surface area contributed by atoms with Crippen molar-refractivity contribution >= 4 is 11.8 Å². The molecule has 2 saturated heterocycles. The molecule has 2 atom stereocenters. The molecule has 2 aliphatic heterocycles. The number of morpholine rings is 1. The number of carbonyl (C=O) groups is 2. The maximum atomic E-state index is 13.1. The molecule has 0 aromatic heterocycles. The van der Waals surface area contributed by atoms with Crippen LogP contribution in [0.15, 0.2) is 30.3 Å². The van der Waals surface area contributed by atoms with Gasteiger partial charge in [-0.25, -0.2) is 0 Å². The van der Waals surface area contributed by atoms with E-state index in [4.69, 9.17) is 9.47 Å². The van der Waals surface area contributed by atoms with Crippen molar-refractivity contribution in [3.8, 4) is 0 Å². The van der Waals surface area contributed by atoms with Crippen LogP contribution >= 0.6 is 0 Å². The van der Waals surface area contributed by atoms with E-state index in [-0.39, 0.29) is 18.4 Å². The van der Waals surface area contributed by atoms with Gasteiger partial charge in [0.2, 0.25) is 5.91 Å². The van der Waals surface area contributed by atoms with E-state index in [1.165, 1.54) is 0 Å².